The van der Waals surface area contributed by atoms with Gasteiger partial charge in [-0.1, -0.05) is 12.1 Å². The topological polar surface area (TPSA) is 110 Å². The van der Waals surface area contributed by atoms with Gasteiger partial charge in [0.1, 0.15) is 11.5 Å². The fourth-order valence-electron chi connectivity index (χ4n) is 1.76. The standard InChI is InChI=1S/C13H11N5O2/c14-12-5-10(17-18-12)13(19)16-9-3-1-2-8(4-9)11-6-15-7-20-11/h1-7H,(H,16,19)(H3,14,17,18). The van der Waals surface area contributed by atoms with E-state index in [-0.39, 0.29) is 11.7 Å². The molecule has 0 atom stereocenters. The maximum Gasteiger partial charge on any atom is 0.273 e. The van der Waals surface area contributed by atoms with Gasteiger partial charge < -0.3 is 15.5 Å². The van der Waals surface area contributed by atoms with Gasteiger partial charge in [-0.05, 0) is 12.1 Å². The van der Waals surface area contributed by atoms with Crippen molar-refractivity contribution >= 4 is 17.4 Å². The molecule has 4 N–H and O–H groups in total. The van der Waals surface area contributed by atoms with E-state index in [0.29, 0.717) is 17.1 Å². The van der Waals surface area contributed by atoms with Gasteiger partial charge in [-0.2, -0.15) is 5.10 Å². The third-order valence-corrected chi connectivity index (χ3v) is 2.68. The summed E-state index contributed by atoms with van der Waals surface area (Å²) in [5, 5.41) is 9.00. The lowest BCUT2D eigenvalue weighted by Gasteiger charge is -2.04. The number of nitrogen functional groups attached to an aromatic ring is 1. The molecule has 0 radical (unpaired) electrons. The molecule has 0 aliphatic carbocycles. The molecule has 0 bridgehead atoms. The summed E-state index contributed by atoms with van der Waals surface area (Å²) < 4.78 is 5.21. The highest BCUT2D eigenvalue weighted by Gasteiger charge is 2.10. The van der Waals surface area contributed by atoms with Crippen molar-refractivity contribution in [1.82, 2.24) is 15.2 Å². The molecule has 1 aromatic carbocycles. The molecule has 7 heteroatoms. The molecule has 0 aliphatic rings. The Bertz CT molecular complexity index is 733. The van der Waals surface area contributed by atoms with Crippen LogP contribution in [-0.4, -0.2) is 21.1 Å². The van der Waals surface area contributed by atoms with Crippen molar-refractivity contribution in [3.05, 3.63) is 48.6 Å². The predicted molar refractivity (Wildman–Crippen MR) is 72.9 cm³/mol. The minimum atomic E-state index is -0.316. The molecule has 0 spiro atoms. The van der Waals surface area contributed by atoms with Gasteiger partial charge in [-0.15, -0.1) is 0 Å². The van der Waals surface area contributed by atoms with Gasteiger partial charge in [0.25, 0.3) is 5.91 Å². The largest absolute Gasteiger partial charge is 0.444 e. The summed E-state index contributed by atoms with van der Waals surface area (Å²) in [6.07, 6.45) is 2.96. The van der Waals surface area contributed by atoms with Crippen molar-refractivity contribution in [2.75, 3.05) is 11.1 Å². The quantitative estimate of drug-likeness (QED) is 0.672. The summed E-state index contributed by atoms with van der Waals surface area (Å²) in [6, 6.07) is 8.71. The number of hydrogen-bond acceptors (Lipinski definition) is 5. The number of hydrogen-bond donors (Lipinski definition) is 3. The van der Waals surface area contributed by atoms with Gasteiger partial charge in [-0.3, -0.25) is 9.89 Å². The number of carbonyl (C=O) groups excluding carboxylic acids is 1. The monoisotopic (exact) mass is 269 g/mol. The number of rotatable bonds is 3. The van der Waals surface area contributed by atoms with E-state index in [1.54, 1.807) is 18.3 Å². The summed E-state index contributed by atoms with van der Waals surface area (Å²) in [7, 11) is 0. The van der Waals surface area contributed by atoms with Crippen LogP contribution in [0.5, 0.6) is 0 Å². The normalized spacial score (nSPS) is 10.4. The molecule has 0 saturated heterocycles. The number of carbonyl (C=O) groups is 1. The van der Waals surface area contributed by atoms with Gasteiger partial charge in [0, 0.05) is 17.3 Å². The lowest BCUT2D eigenvalue weighted by Crippen LogP contribution is -2.12. The Labute approximate surface area is 113 Å². The van der Waals surface area contributed by atoms with Gasteiger partial charge in [0.15, 0.2) is 12.2 Å². The number of anilines is 2. The first-order chi connectivity index (χ1) is 9.72. The van der Waals surface area contributed by atoms with E-state index in [2.05, 4.69) is 20.5 Å². The molecule has 0 aliphatic heterocycles. The Balaban J connectivity index is 1.81. The van der Waals surface area contributed by atoms with E-state index in [0.717, 1.165) is 5.56 Å². The van der Waals surface area contributed by atoms with Crippen molar-refractivity contribution < 1.29 is 9.21 Å². The van der Waals surface area contributed by atoms with Crippen LogP contribution in [0.15, 0.2) is 47.3 Å². The first kappa shape index (κ1) is 12.0. The number of nitrogens with two attached hydrogens (primary N) is 1. The minimum absolute atomic E-state index is 0.269. The first-order valence-electron chi connectivity index (χ1n) is 5.83. The Kier molecular flexibility index (Phi) is 2.92. The van der Waals surface area contributed by atoms with E-state index in [4.69, 9.17) is 10.2 Å². The van der Waals surface area contributed by atoms with Crippen molar-refractivity contribution in [3.8, 4) is 11.3 Å². The van der Waals surface area contributed by atoms with Crippen LogP contribution in [0.3, 0.4) is 0 Å². The van der Waals surface area contributed by atoms with Crippen molar-refractivity contribution in [2.24, 2.45) is 0 Å². The minimum Gasteiger partial charge on any atom is -0.444 e. The number of aromatic amines is 1. The van der Waals surface area contributed by atoms with Crippen LogP contribution in [0.25, 0.3) is 11.3 Å². The van der Waals surface area contributed by atoms with Crippen molar-refractivity contribution in [3.63, 3.8) is 0 Å². The molecule has 3 aromatic rings. The molecule has 1 amide bonds. The molecular weight excluding hydrogens is 258 g/mol. The number of nitrogens with one attached hydrogen (secondary N) is 2. The number of amides is 1. The van der Waals surface area contributed by atoms with Crippen LogP contribution in [0.4, 0.5) is 11.5 Å². The molecule has 7 nitrogen and oxygen atoms in total. The Morgan fingerprint density at radius 2 is 2.25 bits per heavy atom. The summed E-state index contributed by atoms with van der Waals surface area (Å²) in [6.45, 7) is 0. The van der Waals surface area contributed by atoms with Crippen LogP contribution in [0.1, 0.15) is 10.5 Å². The zero-order valence-corrected chi connectivity index (χ0v) is 10.3. The van der Waals surface area contributed by atoms with Crippen molar-refractivity contribution in [1.29, 1.82) is 0 Å². The second kappa shape index (κ2) is 4.88. The van der Waals surface area contributed by atoms with E-state index in [1.807, 2.05) is 12.1 Å². The fraction of sp³-hybridized carbons (Fsp3) is 0. The average molecular weight is 269 g/mol. The summed E-state index contributed by atoms with van der Waals surface area (Å²) >= 11 is 0. The van der Waals surface area contributed by atoms with E-state index in [1.165, 1.54) is 12.5 Å². The van der Waals surface area contributed by atoms with E-state index >= 15 is 0 Å². The third kappa shape index (κ3) is 2.37. The maximum atomic E-state index is 12.0. The summed E-state index contributed by atoms with van der Waals surface area (Å²) in [4.78, 5) is 15.8. The maximum absolute atomic E-state index is 12.0. The molecule has 20 heavy (non-hydrogen) atoms. The molecular formula is C13H11N5O2. The van der Waals surface area contributed by atoms with E-state index in [9.17, 15) is 4.79 Å². The Hall–Kier alpha value is -3.09. The van der Waals surface area contributed by atoms with Crippen LogP contribution in [-0.2, 0) is 0 Å². The second-order valence-electron chi connectivity index (χ2n) is 4.11. The molecule has 0 saturated carbocycles. The van der Waals surface area contributed by atoms with Gasteiger partial charge in [0.05, 0.1) is 6.20 Å². The molecule has 3 rings (SSSR count). The predicted octanol–water partition coefficient (Wildman–Crippen LogP) is 1.90. The van der Waals surface area contributed by atoms with Crippen LogP contribution in [0.2, 0.25) is 0 Å². The second-order valence-corrected chi connectivity index (χ2v) is 4.11. The Morgan fingerprint density at radius 3 is 2.95 bits per heavy atom. The first-order valence-corrected chi connectivity index (χ1v) is 5.83. The SMILES string of the molecule is Nc1cc(C(=O)Nc2cccc(-c3cnco3)c2)[nH]n1. The van der Waals surface area contributed by atoms with Gasteiger partial charge in [-0.25, -0.2) is 4.98 Å². The van der Waals surface area contributed by atoms with Gasteiger partial charge in [0.2, 0.25) is 0 Å². The molecule has 0 fully saturated rings. The fourth-order valence-corrected chi connectivity index (χ4v) is 1.76. The summed E-state index contributed by atoms with van der Waals surface area (Å²) in [5.41, 5.74) is 7.21. The lowest BCUT2D eigenvalue weighted by atomic mass is 10.1. The zero-order chi connectivity index (χ0) is 13.9. The highest BCUT2D eigenvalue weighted by molar-refractivity contribution is 6.03. The van der Waals surface area contributed by atoms with Crippen LogP contribution < -0.4 is 11.1 Å². The van der Waals surface area contributed by atoms with Crippen LogP contribution >= 0.6 is 0 Å². The van der Waals surface area contributed by atoms with Gasteiger partial charge >= 0.3 is 0 Å². The molecule has 0 unspecified atom stereocenters. The number of aromatic nitrogens is 3. The lowest BCUT2D eigenvalue weighted by molar-refractivity contribution is 0.102. The molecule has 2 heterocycles. The number of benzene rings is 1. The van der Waals surface area contributed by atoms with Crippen LogP contribution in [0, 0.1) is 0 Å². The van der Waals surface area contributed by atoms with E-state index < -0.39 is 0 Å². The highest BCUT2D eigenvalue weighted by Crippen LogP contribution is 2.22. The number of oxazole rings is 1. The number of H-pyrrole nitrogens is 1. The summed E-state index contributed by atoms with van der Waals surface area (Å²) in [5.74, 6) is 0.585. The average Bonchev–Trinajstić information content (AvgIpc) is 3.10. The smallest absolute Gasteiger partial charge is 0.273 e. The molecule has 2 aromatic heterocycles. The Morgan fingerprint density at radius 1 is 1.35 bits per heavy atom. The molecule has 100 valence electrons. The zero-order valence-electron chi connectivity index (χ0n) is 10.3. The third-order valence-electron chi connectivity index (χ3n) is 2.68. The van der Waals surface area contributed by atoms with Crippen molar-refractivity contribution in [2.45, 2.75) is 0 Å². The highest BCUT2D eigenvalue weighted by atomic mass is 16.3. The number of nitrogens with zero attached hydrogens (tertiary/aromatic N) is 2.